The number of rotatable bonds is 5. The molecule has 1 N–H and O–H groups in total. The minimum absolute atomic E-state index is 0.299. The van der Waals surface area contributed by atoms with Crippen LogP contribution in [-0.4, -0.2) is 19.1 Å². The first-order chi connectivity index (χ1) is 9.11. The van der Waals surface area contributed by atoms with Crippen molar-refractivity contribution in [1.82, 2.24) is 4.98 Å². The van der Waals surface area contributed by atoms with Crippen molar-refractivity contribution in [2.75, 3.05) is 24.3 Å². The van der Waals surface area contributed by atoms with Crippen LogP contribution < -0.4 is 10.2 Å². The molecular formula is C15H21N3S. The first kappa shape index (κ1) is 13.9. The molecule has 2 rings (SSSR count). The SMILES string of the molecule is CCc1ccc(C(C)Nc2cccnc2N(C)C)s1. The molecule has 0 amide bonds. The van der Waals surface area contributed by atoms with Gasteiger partial charge in [0.15, 0.2) is 5.82 Å². The van der Waals surface area contributed by atoms with Crippen LogP contribution in [0.1, 0.15) is 29.6 Å². The number of hydrogen-bond acceptors (Lipinski definition) is 4. The van der Waals surface area contributed by atoms with Crippen LogP contribution in [0.4, 0.5) is 11.5 Å². The number of nitrogens with one attached hydrogen (secondary N) is 1. The summed E-state index contributed by atoms with van der Waals surface area (Å²) in [5.41, 5.74) is 1.08. The number of hydrogen-bond donors (Lipinski definition) is 1. The van der Waals surface area contributed by atoms with Crippen molar-refractivity contribution in [1.29, 1.82) is 0 Å². The van der Waals surface area contributed by atoms with E-state index >= 15 is 0 Å². The van der Waals surface area contributed by atoms with E-state index in [0.717, 1.165) is 17.9 Å². The van der Waals surface area contributed by atoms with Crippen LogP contribution in [0.2, 0.25) is 0 Å². The van der Waals surface area contributed by atoms with E-state index in [1.807, 2.05) is 42.6 Å². The van der Waals surface area contributed by atoms with Gasteiger partial charge in [-0.2, -0.15) is 0 Å². The van der Waals surface area contributed by atoms with Crippen molar-refractivity contribution in [3.8, 4) is 0 Å². The number of nitrogens with zero attached hydrogens (tertiary/aromatic N) is 2. The molecular weight excluding hydrogens is 254 g/mol. The summed E-state index contributed by atoms with van der Waals surface area (Å²) in [5, 5.41) is 3.55. The normalized spacial score (nSPS) is 12.2. The van der Waals surface area contributed by atoms with Crippen LogP contribution in [0.15, 0.2) is 30.5 Å². The van der Waals surface area contributed by atoms with Gasteiger partial charge in [0.05, 0.1) is 11.7 Å². The maximum absolute atomic E-state index is 4.41. The molecule has 2 aromatic heterocycles. The van der Waals surface area contributed by atoms with Crippen molar-refractivity contribution >= 4 is 22.8 Å². The topological polar surface area (TPSA) is 28.2 Å². The summed E-state index contributed by atoms with van der Waals surface area (Å²) in [4.78, 5) is 9.24. The fourth-order valence-electron chi connectivity index (χ4n) is 1.99. The van der Waals surface area contributed by atoms with Crippen molar-refractivity contribution in [2.24, 2.45) is 0 Å². The lowest BCUT2D eigenvalue weighted by atomic mass is 10.2. The Morgan fingerprint density at radius 3 is 2.74 bits per heavy atom. The van der Waals surface area contributed by atoms with Gasteiger partial charge in [0.25, 0.3) is 0 Å². The van der Waals surface area contributed by atoms with Gasteiger partial charge in [0.2, 0.25) is 0 Å². The molecule has 0 aromatic carbocycles. The van der Waals surface area contributed by atoms with Crippen LogP contribution in [0, 0.1) is 0 Å². The first-order valence-electron chi connectivity index (χ1n) is 6.59. The minimum Gasteiger partial charge on any atom is -0.375 e. The standard InChI is InChI=1S/C15H21N3S/c1-5-12-8-9-14(19-12)11(2)17-13-7-6-10-16-15(13)18(3)4/h6-11,17H,5H2,1-4H3. The average molecular weight is 275 g/mol. The summed E-state index contributed by atoms with van der Waals surface area (Å²) < 4.78 is 0. The summed E-state index contributed by atoms with van der Waals surface area (Å²) >= 11 is 1.88. The molecule has 1 atom stereocenters. The van der Waals surface area contributed by atoms with E-state index in [4.69, 9.17) is 0 Å². The third-order valence-electron chi connectivity index (χ3n) is 3.04. The predicted octanol–water partition coefficient (Wildman–Crippen LogP) is 3.94. The number of pyridine rings is 1. The second-order valence-corrected chi connectivity index (χ2v) is 5.99. The average Bonchev–Trinajstić information content (AvgIpc) is 2.88. The fraction of sp³-hybridized carbons (Fsp3) is 0.400. The summed E-state index contributed by atoms with van der Waals surface area (Å²) in [7, 11) is 4.02. The zero-order valence-electron chi connectivity index (χ0n) is 12.0. The fourth-order valence-corrected chi connectivity index (χ4v) is 2.94. The summed E-state index contributed by atoms with van der Waals surface area (Å²) in [6, 6.07) is 8.77. The van der Waals surface area contributed by atoms with Gasteiger partial charge in [-0.3, -0.25) is 0 Å². The Labute approximate surface area is 119 Å². The van der Waals surface area contributed by atoms with Crippen LogP contribution in [0.3, 0.4) is 0 Å². The first-order valence-corrected chi connectivity index (χ1v) is 7.41. The van der Waals surface area contributed by atoms with Gasteiger partial charge in [-0.1, -0.05) is 6.92 Å². The Hall–Kier alpha value is -1.55. The molecule has 19 heavy (non-hydrogen) atoms. The molecule has 102 valence electrons. The lowest BCUT2D eigenvalue weighted by Gasteiger charge is -2.20. The molecule has 1 unspecified atom stereocenters. The lowest BCUT2D eigenvalue weighted by molar-refractivity contribution is 0.901. The quantitative estimate of drug-likeness (QED) is 0.895. The zero-order chi connectivity index (χ0) is 13.8. The zero-order valence-corrected chi connectivity index (χ0v) is 12.8. The lowest BCUT2D eigenvalue weighted by Crippen LogP contribution is -2.15. The molecule has 0 saturated carbocycles. The van der Waals surface area contributed by atoms with Crippen LogP contribution in [0.25, 0.3) is 0 Å². The third-order valence-corrected chi connectivity index (χ3v) is 4.45. The Bertz CT molecular complexity index is 534. The number of thiophene rings is 1. The maximum Gasteiger partial charge on any atom is 0.151 e. The van der Waals surface area contributed by atoms with Crippen LogP contribution in [0.5, 0.6) is 0 Å². The van der Waals surface area contributed by atoms with Gasteiger partial charge in [0, 0.05) is 30.0 Å². The number of aromatic nitrogens is 1. The smallest absolute Gasteiger partial charge is 0.151 e. The van der Waals surface area contributed by atoms with E-state index in [-0.39, 0.29) is 0 Å². The van der Waals surface area contributed by atoms with Crippen LogP contribution in [-0.2, 0) is 6.42 Å². The highest BCUT2D eigenvalue weighted by atomic mass is 32.1. The molecule has 0 radical (unpaired) electrons. The molecule has 0 fully saturated rings. The largest absolute Gasteiger partial charge is 0.375 e. The van der Waals surface area contributed by atoms with Gasteiger partial charge in [0.1, 0.15) is 0 Å². The summed E-state index contributed by atoms with van der Waals surface area (Å²) in [6.07, 6.45) is 2.93. The molecule has 0 bridgehead atoms. The van der Waals surface area contributed by atoms with Crippen molar-refractivity contribution in [3.05, 3.63) is 40.2 Å². The van der Waals surface area contributed by atoms with Gasteiger partial charge in [-0.15, -0.1) is 11.3 Å². The van der Waals surface area contributed by atoms with E-state index in [0.29, 0.717) is 6.04 Å². The molecule has 4 heteroatoms. The Kier molecular flexibility index (Phi) is 4.43. The molecule has 0 saturated heterocycles. The van der Waals surface area contributed by atoms with E-state index < -0.39 is 0 Å². The van der Waals surface area contributed by atoms with E-state index in [9.17, 15) is 0 Å². The molecule has 2 heterocycles. The molecule has 3 nitrogen and oxygen atoms in total. The van der Waals surface area contributed by atoms with E-state index in [1.54, 1.807) is 0 Å². The van der Waals surface area contributed by atoms with Crippen molar-refractivity contribution in [3.63, 3.8) is 0 Å². The molecule has 0 aliphatic rings. The second kappa shape index (κ2) is 6.06. The Balaban J connectivity index is 2.16. The molecule has 0 aliphatic heterocycles. The highest BCUT2D eigenvalue weighted by Gasteiger charge is 2.11. The van der Waals surface area contributed by atoms with Crippen molar-refractivity contribution in [2.45, 2.75) is 26.3 Å². The Morgan fingerprint density at radius 2 is 2.11 bits per heavy atom. The van der Waals surface area contributed by atoms with E-state index in [2.05, 4.69) is 42.3 Å². The molecule has 0 aliphatic carbocycles. The van der Waals surface area contributed by atoms with Gasteiger partial charge < -0.3 is 10.2 Å². The number of anilines is 2. The second-order valence-electron chi connectivity index (χ2n) is 4.79. The highest BCUT2D eigenvalue weighted by Crippen LogP contribution is 2.29. The van der Waals surface area contributed by atoms with Crippen LogP contribution >= 0.6 is 11.3 Å². The van der Waals surface area contributed by atoms with Gasteiger partial charge in [-0.05, 0) is 37.6 Å². The summed E-state index contributed by atoms with van der Waals surface area (Å²) in [6.45, 7) is 4.39. The van der Waals surface area contributed by atoms with E-state index in [1.165, 1.54) is 9.75 Å². The number of aryl methyl sites for hydroxylation is 1. The predicted molar refractivity (Wildman–Crippen MR) is 84.3 cm³/mol. The molecule has 2 aromatic rings. The minimum atomic E-state index is 0.299. The maximum atomic E-state index is 4.41. The Morgan fingerprint density at radius 1 is 1.32 bits per heavy atom. The summed E-state index contributed by atoms with van der Waals surface area (Å²) in [5.74, 6) is 0.974. The van der Waals surface area contributed by atoms with Crippen molar-refractivity contribution < 1.29 is 0 Å². The third kappa shape index (κ3) is 3.26. The van der Waals surface area contributed by atoms with Gasteiger partial charge >= 0.3 is 0 Å². The monoisotopic (exact) mass is 275 g/mol. The highest BCUT2D eigenvalue weighted by molar-refractivity contribution is 7.12. The molecule has 0 spiro atoms. The van der Waals surface area contributed by atoms with Gasteiger partial charge in [-0.25, -0.2) is 4.98 Å².